The molecule has 2 aromatic carbocycles. The lowest BCUT2D eigenvalue weighted by Crippen LogP contribution is -2.33. The number of carbonyl (C=O) groups excluding carboxylic acids is 1. The van der Waals surface area contributed by atoms with Crippen LogP contribution < -0.4 is 14.8 Å². The molecule has 1 unspecified atom stereocenters. The van der Waals surface area contributed by atoms with Gasteiger partial charge in [0, 0.05) is 11.6 Å². The Hall–Kier alpha value is -2.71. The lowest BCUT2D eigenvalue weighted by molar-refractivity contribution is -0.120. The van der Waals surface area contributed by atoms with E-state index in [4.69, 9.17) is 21.1 Å². The van der Waals surface area contributed by atoms with Crippen molar-refractivity contribution >= 4 is 29.3 Å². The third-order valence-electron chi connectivity index (χ3n) is 4.88. The highest BCUT2D eigenvalue weighted by molar-refractivity contribution is 8.00. The summed E-state index contributed by atoms with van der Waals surface area (Å²) < 4.78 is 13.0. The molecular formula is C24H29ClN4O3S. The van der Waals surface area contributed by atoms with Crippen LogP contribution in [0.4, 0.5) is 0 Å². The topological polar surface area (TPSA) is 78.3 Å². The van der Waals surface area contributed by atoms with Crippen LogP contribution in [0.1, 0.15) is 32.2 Å². The molecule has 1 N–H and O–H groups in total. The summed E-state index contributed by atoms with van der Waals surface area (Å²) in [6.07, 6.45) is 0. The van der Waals surface area contributed by atoms with Gasteiger partial charge in [0.05, 0.1) is 18.0 Å². The Labute approximate surface area is 203 Å². The quantitative estimate of drug-likeness (QED) is 0.401. The van der Waals surface area contributed by atoms with E-state index < -0.39 is 0 Å². The van der Waals surface area contributed by atoms with Gasteiger partial charge in [-0.15, -0.1) is 10.2 Å². The summed E-state index contributed by atoms with van der Waals surface area (Å²) in [7, 11) is 1.62. The third kappa shape index (κ3) is 6.65. The molecule has 176 valence electrons. The van der Waals surface area contributed by atoms with Gasteiger partial charge >= 0.3 is 0 Å². The molecule has 1 aromatic heterocycles. The van der Waals surface area contributed by atoms with E-state index in [0.717, 1.165) is 17.0 Å². The van der Waals surface area contributed by atoms with Crippen molar-refractivity contribution in [2.75, 3.05) is 13.7 Å². The van der Waals surface area contributed by atoms with Gasteiger partial charge < -0.3 is 14.8 Å². The highest BCUT2D eigenvalue weighted by atomic mass is 35.5. The predicted octanol–water partition coefficient (Wildman–Crippen LogP) is 5.07. The standard InChI is InChI=1S/C24H29ClN4O3S/c1-15(2)13-26-23(30)17(4)33-24-28-27-22(14-32-20-10-8-19(31-5)9-11-20)29(24)18-7-6-16(3)21(25)12-18/h6-12,15,17H,13-14H2,1-5H3,(H,26,30). The Morgan fingerprint density at radius 3 is 2.45 bits per heavy atom. The Bertz CT molecular complexity index is 1090. The minimum atomic E-state index is -0.344. The maximum atomic E-state index is 12.5. The van der Waals surface area contributed by atoms with Crippen LogP contribution in [-0.4, -0.2) is 39.6 Å². The van der Waals surface area contributed by atoms with E-state index >= 15 is 0 Å². The van der Waals surface area contributed by atoms with Crippen LogP contribution in [0.2, 0.25) is 5.02 Å². The highest BCUT2D eigenvalue weighted by Gasteiger charge is 2.22. The summed E-state index contributed by atoms with van der Waals surface area (Å²) in [6, 6.07) is 13.1. The molecular weight excluding hydrogens is 460 g/mol. The molecule has 0 fully saturated rings. The minimum absolute atomic E-state index is 0.0405. The number of hydrogen-bond donors (Lipinski definition) is 1. The number of thioether (sulfide) groups is 1. The predicted molar refractivity (Wildman–Crippen MR) is 132 cm³/mol. The molecule has 3 rings (SSSR count). The fourth-order valence-corrected chi connectivity index (χ4v) is 4.02. The monoisotopic (exact) mass is 488 g/mol. The largest absolute Gasteiger partial charge is 0.497 e. The molecule has 0 radical (unpaired) electrons. The van der Waals surface area contributed by atoms with Crippen molar-refractivity contribution in [2.45, 2.75) is 44.7 Å². The number of ether oxygens (including phenoxy) is 2. The van der Waals surface area contributed by atoms with Crippen molar-refractivity contribution in [1.82, 2.24) is 20.1 Å². The summed E-state index contributed by atoms with van der Waals surface area (Å²) >= 11 is 7.74. The van der Waals surface area contributed by atoms with E-state index in [1.807, 2.05) is 60.9 Å². The number of nitrogens with zero attached hydrogens (tertiary/aromatic N) is 3. The lowest BCUT2D eigenvalue weighted by Gasteiger charge is -2.15. The number of aromatic nitrogens is 3. The van der Waals surface area contributed by atoms with Crippen LogP contribution in [0.15, 0.2) is 47.6 Å². The first kappa shape index (κ1) is 24.9. The van der Waals surface area contributed by atoms with Gasteiger partial charge in [-0.05, 0) is 61.7 Å². The van der Waals surface area contributed by atoms with E-state index in [2.05, 4.69) is 29.4 Å². The molecule has 7 nitrogen and oxygen atoms in total. The molecule has 0 aliphatic rings. The zero-order valence-electron chi connectivity index (χ0n) is 19.5. The zero-order chi connectivity index (χ0) is 24.0. The third-order valence-corrected chi connectivity index (χ3v) is 6.33. The minimum Gasteiger partial charge on any atom is -0.497 e. The van der Waals surface area contributed by atoms with Crippen LogP contribution in [0, 0.1) is 12.8 Å². The van der Waals surface area contributed by atoms with Gasteiger partial charge in [-0.3, -0.25) is 9.36 Å². The molecule has 0 spiro atoms. The molecule has 1 amide bonds. The maximum Gasteiger partial charge on any atom is 0.233 e. The first-order valence-corrected chi connectivity index (χ1v) is 12.0. The number of benzene rings is 2. The average Bonchev–Trinajstić information content (AvgIpc) is 3.20. The van der Waals surface area contributed by atoms with Gasteiger partial charge in [-0.2, -0.15) is 0 Å². The van der Waals surface area contributed by atoms with Gasteiger partial charge in [-0.25, -0.2) is 0 Å². The number of halogens is 1. The van der Waals surface area contributed by atoms with Crippen molar-refractivity contribution in [1.29, 1.82) is 0 Å². The number of amides is 1. The number of hydrogen-bond acceptors (Lipinski definition) is 6. The molecule has 0 saturated heterocycles. The van der Waals surface area contributed by atoms with E-state index in [-0.39, 0.29) is 17.8 Å². The SMILES string of the molecule is COc1ccc(OCc2nnc(SC(C)C(=O)NCC(C)C)n2-c2ccc(C)c(Cl)c2)cc1. The van der Waals surface area contributed by atoms with Gasteiger partial charge in [0.2, 0.25) is 5.91 Å². The van der Waals surface area contributed by atoms with E-state index in [9.17, 15) is 4.79 Å². The zero-order valence-corrected chi connectivity index (χ0v) is 21.0. The van der Waals surface area contributed by atoms with Crippen LogP contribution in [0.3, 0.4) is 0 Å². The first-order chi connectivity index (χ1) is 15.8. The van der Waals surface area contributed by atoms with E-state index in [1.54, 1.807) is 7.11 Å². The lowest BCUT2D eigenvalue weighted by atomic mass is 10.2. The molecule has 1 atom stereocenters. The van der Waals surface area contributed by atoms with Gasteiger partial charge in [0.1, 0.15) is 18.1 Å². The molecule has 0 saturated carbocycles. The molecule has 9 heteroatoms. The summed E-state index contributed by atoms with van der Waals surface area (Å²) in [5, 5.41) is 12.6. The Kier molecular flexibility index (Phi) is 8.63. The Balaban J connectivity index is 1.85. The number of aryl methyl sites for hydroxylation is 1. The van der Waals surface area contributed by atoms with Gasteiger partial charge in [-0.1, -0.05) is 43.3 Å². The molecule has 3 aromatic rings. The van der Waals surface area contributed by atoms with E-state index in [1.165, 1.54) is 11.8 Å². The second kappa shape index (κ2) is 11.4. The molecule has 0 aliphatic heterocycles. The van der Waals surface area contributed by atoms with Crippen molar-refractivity contribution in [3.63, 3.8) is 0 Å². The second-order valence-corrected chi connectivity index (χ2v) is 9.75. The maximum absolute atomic E-state index is 12.5. The summed E-state index contributed by atoms with van der Waals surface area (Å²) in [5.41, 5.74) is 1.78. The second-order valence-electron chi connectivity index (χ2n) is 8.03. The Morgan fingerprint density at radius 2 is 1.82 bits per heavy atom. The van der Waals surface area contributed by atoms with Crippen LogP contribution >= 0.6 is 23.4 Å². The summed E-state index contributed by atoms with van der Waals surface area (Å²) in [5.74, 6) is 2.38. The summed E-state index contributed by atoms with van der Waals surface area (Å²) in [4.78, 5) is 12.5. The highest BCUT2D eigenvalue weighted by Crippen LogP contribution is 2.29. The van der Waals surface area contributed by atoms with E-state index in [0.29, 0.717) is 34.2 Å². The normalized spacial score (nSPS) is 12.0. The van der Waals surface area contributed by atoms with Crippen molar-refractivity contribution < 1.29 is 14.3 Å². The summed E-state index contributed by atoms with van der Waals surface area (Å²) in [6.45, 7) is 8.75. The van der Waals surface area contributed by atoms with Gasteiger partial charge in [0.25, 0.3) is 0 Å². The fourth-order valence-electron chi connectivity index (χ4n) is 2.93. The van der Waals surface area contributed by atoms with Crippen molar-refractivity contribution in [2.24, 2.45) is 5.92 Å². The number of carbonyl (C=O) groups is 1. The smallest absolute Gasteiger partial charge is 0.233 e. The number of rotatable bonds is 10. The fraction of sp³-hybridized carbons (Fsp3) is 0.375. The van der Waals surface area contributed by atoms with Crippen LogP contribution in [0.25, 0.3) is 5.69 Å². The van der Waals surface area contributed by atoms with Crippen LogP contribution in [-0.2, 0) is 11.4 Å². The van der Waals surface area contributed by atoms with Crippen LogP contribution in [0.5, 0.6) is 11.5 Å². The molecule has 0 aliphatic carbocycles. The first-order valence-electron chi connectivity index (χ1n) is 10.7. The average molecular weight is 489 g/mol. The van der Waals surface area contributed by atoms with Gasteiger partial charge in [0.15, 0.2) is 11.0 Å². The molecule has 1 heterocycles. The number of methoxy groups -OCH3 is 1. The van der Waals surface area contributed by atoms with Crippen molar-refractivity contribution in [3.05, 3.63) is 58.9 Å². The molecule has 33 heavy (non-hydrogen) atoms. The molecule has 0 bridgehead atoms. The Morgan fingerprint density at radius 1 is 1.12 bits per heavy atom. The number of nitrogens with one attached hydrogen (secondary N) is 1. The van der Waals surface area contributed by atoms with Crippen molar-refractivity contribution in [3.8, 4) is 17.2 Å².